The van der Waals surface area contributed by atoms with Crippen LogP contribution in [0.3, 0.4) is 0 Å². The quantitative estimate of drug-likeness (QED) is 0.806. The third-order valence-electron chi connectivity index (χ3n) is 5.66. The molecule has 1 aromatic carbocycles. The minimum Gasteiger partial charge on any atom is -0.481 e. The fraction of sp³-hybridized carbons (Fsp3) is 0.619. The Morgan fingerprint density at radius 2 is 2.04 bits per heavy atom. The van der Waals surface area contributed by atoms with Gasteiger partial charge in [-0.15, -0.1) is 0 Å². The van der Waals surface area contributed by atoms with Crippen molar-refractivity contribution in [2.24, 2.45) is 11.8 Å². The van der Waals surface area contributed by atoms with E-state index in [2.05, 4.69) is 35.3 Å². The van der Waals surface area contributed by atoms with Crippen LogP contribution in [0.15, 0.2) is 24.3 Å². The predicted molar refractivity (Wildman–Crippen MR) is 106 cm³/mol. The van der Waals surface area contributed by atoms with E-state index in [1.807, 2.05) is 13.0 Å². The van der Waals surface area contributed by atoms with Crippen molar-refractivity contribution in [1.82, 2.24) is 15.1 Å². The Kier molecular flexibility index (Phi) is 6.91. The molecule has 154 valence electrons. The number of carboxylic acid groups (broad SMARTS) is 1. The van der Waals surface area contributed by atoms with Gasteiger partial charge >= 0.3 is 12.0 Å². The summed E-state index contributed by atoms with van der Waals surface area (Å²) in [6.45, 7) is 8.48. The molecule has 0 aliphatic carbocycles. The SMILES string of the molecule is Cc1cccc(C(CNC(=O)N2CC(C)CC(C(=O)O)C2)N2CCOCC2)c1. The molecule has 3 unspecified atom stereocenters. The fourth-order valence-corrected chi connectivity index (χ4v) is 4.22. The number of benzene rings is 1. The molecular weight excluding hydrogens is 358 g/mol. The van der Waals surface area contributed by atoms with Crippen molar-refractivity contribution in [3.05, 3.63) is 35.4 Å². The van der Waals surface area contributed by atoms with Crippen LogP contribution in [0.4, 0.5) is 4.79 Å². The first kappa shape index (κ1) is 20.6. The minimum absolute atomic E-state index is 0.0743. The summed E-state index contributed by atoms with van der Waals surface area (Å²) >= 11 is 0. The lowest BCUT2D eigenvalue weighted by Crippen LogP contribution is -2.51. The Balaban J connectivity index is 1.67. The van der Waals surface area contributed by atoms with Crippen LogP contribution in [-0.2, 0) is 9.53 Å². The van der Waals surface area contributed by atoms with Crippen molar-refractivity contribution in [2.45, 2.75) is 26.3 Å². The van der Waals surface area contributed by atoms with Crippen LogP contribution in [0.2, 0.25) is 0 Å². The van der Waals surface area contributed by atoms with Crippen LogP contribution < -0.4 is 5.32 Å². The zero-order valence-corrected chi connectivity index (χ0v) is 16.8. The lowest BCUT2D eigenvalue weighted by molar-refractivity contribution is -0.143. The number of hydrogen-bond donors (Lipinski definition) is 2. The first-order valence-corrected chi connectivity index (χ1v) is 10.1. The molecule has 0 bridgehead atoms. The van der Waals surface area contributed by atoms with Gasteiger partial charge in [0.1, 0.15) is 0 Å². The molecule has 0 spiro atoms. The molecule has 28 heavy (non-hydrogen) atoms. The van der Waals surface area contributed by atoms with E-state index in [1.54, 1.807) is 4.90 Å². The molecule has 2 N–H and O–H groups in total. The highest BCUT2D eigenvalue weighted by Crippen LogP contribution is 2.24. The largest absolute Gasteiger partial charge is 0.481 e. The second-order valence-electron chi connectivity index (χ2n) is 8.05. The lowest BCUT2D eigenvalue weighted by Gasteiger charge is -2.37. The number of rotatable bonds is 5. The molecule has 7 nitrogen and oxygen atoms in total. The molecule has 2 saturated heterocycles. The molecule has 3 rings (SSSR count). The number of aliphatic carboxylic acids is 1. The highest BCUT2D eigenvalue weighted by atomic mass is 16.5. The van der Waals surface area contributed by atoms with Crippen LogP contribution in [0.1, 0.15) is 30.5 Å². The zero-order chi connectivity index (χ0) is 20.1. The number of carbonyl (C=O) groups is 2. The van der Waals surface area contributed by atoms with E-state index in [4.69, 9.17) is 4.74 Å². The summed E-state index contributed by atoms with van der Waals surface area (Å²) in [5.74, 6) is -1.12. The number of amides is 2. The molecule has 0 radical (unpaired) electrons. The first-order chi connectivity index (χ1) is 13.4. The van der Waals surface area contributed by atoms with Gasteiger partial charge in [0.25, 0.3) is 0 Å². The standard InChI is InChI=1S/C21H31N3O4/c1-15-4-3-5-17(10-15)19(23-6-8-28-9-7-23)12-22-21(27)24-13-16(2)11-18(14-24)20(25)26/h3-5,10,16,18-19H,6-9,11-14H2,1-2H3,(H,22,27)(H,25,26). The summed E-state index contributed by atoms with van der Waals surface area (Å²) in [5, 5.41) is 12.4. The Morgan fingerprint density at radius 1 is 1.29 bits per heavy atom. The zero-order valence-electron chi connectivity index (χ0n) is 16.8. The Morgan fingerprint density at radius 3 is 2.71 bits per heavy atom. The molecule has 2 heterocycles. The summed E-state index contributed by atoms with van der Waals surface area (Å²) in [5.41, 5.74) is 2.37. The summed E-state index contributed by atoms with van der Waals surface area (Å²) in [7, 11) is 0. The van der Waals surface area contributed by atoms with Gasteiger partial charge < -0.3 is 20.1 Å². The predicted octanol–water partition coefficient (Wildman–Crippen LogP) is 2.12. The van der Waals surface area contributed by atoms with E-state index < -0.39 is 11.9 Å². The number of carbonyl (C=O) groups excluding carboxylic acids is 1. The molecule has 2 amide bonds. The summed E-state index contributed by atoms with van der Waals surface area (Å²) in [6, 6.07) is 8.27. The first-order valence-electron chi connectivity index (χ1n) is 10.1. The maximum Gasteiger partial charge on any atom is 0.317 e. The molecular formula is C21H31N3O4. The fourth-order valence-electron chi connectivity index (χ4n) is 4.22. The minimum atomic E-state index is -0.824. The Labute approximate surface area is 166 Å². The number of nitrogens with zero attached hydrogens (tertiary/aromatic N) is 2. The molecule has 0 aromatic heterocycles. The number of carboxylic acids is 1. The lowest BCUT2D eigenvalue weighted by atomic mass is 9.91. The Bertz CT molecular complexity index is 690. The van der Waals surface area contributed by atoms with Gasteiger partial charge in [-0.25, -0.2) is 4.79 Å². The molecule has 0 saturated carbocycles. The van der Waals surface area contributed by atoms with Crippen molar-refractivity contribution in [3.63, 3.8) is 0 Å². The highest BCUT2D eigenvalue weighted by Gasteiger charge is 2.32. The van der Waals surface area contributed by atoms with E-state index in [1.165, 1.54) is 11.1 Å². The molecule has 2 aliphatic rings. The van der Waals surface area contributed by atoms with Crippen LogP contribution in [0.25, 0.3) is 0 Å². The summed E-state index contributed by atoms with van der Waals surface area (Å²) in [6.07, 6.45) is 0.624. The van der Waals surface area contributed by atoms with Gasteiger partial charge in [-0.3, -0.25) is 9.69 Å². The van der Waals surface area contributed by atoms with Gasteiger partial charge in [-0.2, -0.15) is 0 Å². The van der Waals surface area contributed by atoms with Gasteiger partial charge in [0.2, 0.25) is 0 Å². The number of ether oxygens (including phenoxy) is 1. The van der Waals surface area contributed by atoms with Crippen molar-refractivity contribution < 1.29 is 19.4 Å². The number of morpholine rings is 1. The number of piperidine rings is 1. The smallest absolute Gasteiger partial charge is 0.317 e. The monoisotopic (exact) mass is 389 g/mol. The van der Waals surface area contributed by atoms with Crippen LogP contribution >= 0.6 is 0 Å². The third-order valence-corrected chi connectivity index (χ3v) is 5.66. The normalized spacial score (nSPS) is 24.6. The second-order valence-corrected chi connectivity index (χ2v) is 8.05. The molecule has 3 atom stereocenters. The molecule has 7 heteroatoms. The number of aryl methyl sites for hydroxylation is 1. The Hall–Kier alpha value is -2.12. The number of nitrogens with one attached hydrogen (secondary N) is 1. The van der Waals surface area contributed by atoms with E-state index in [0.29, 0.717) is 32.7 Å². The second kappa shape index (κ2) is 9.39. The van der Waals surface area contributed by atoms with E-state index in [-0.39, 0.29) is 24.5 Å². The highest BCUT2D eigenvalue weighted by molar-refractivity contribution is 5.76. The van der Waals surface area contributed by atoms with Gasteiger partial charge in [-0.1, -0.05) is 36.8 Å². The topological polar surface area (TPSA) is 82.1 Å². The van der Waals surface area contributed by atoms with Gasteiger partial charge in [-0.05, 0) is 24.8 Å². The van der Waals surface area contributed by atoms with Gasteiger partial charge in [0, 0.05) is 32.7 Å². The summed E-state index contributed by atoms with van der Waals surface area (Å²) < 4.78 is 5.48. The molecule has 2 fully saturated rings. The van der Waals surface area contributed by atoms with Crippen LogP contribution in [0.5, 0.6) is 0 Å². The third kappa shape index (κ3) is 5.23. The van der Waals surface area contributed by atoms with Crippen LogP contribution in [0, 0.1) is 18.8 Å². The van der Waals surface area contributed by atoms with Crippen LogP contribution in [-0.4, -0.2) is 72.8 Å². The van der Waals surface area contributed by atoms with Crippen molar-refractivity contribution in [3.8, 4) is 0 Å². The molecule has 2 aliphatic heterocycles. The maximum absolute atomic E-state index is 12.8. The number of likely N-dealkylation sites (tertiary alicyclic amines) is 1. The van der Waals surface area contributed by atoms with Crippen molar-refractivity contribution >= 4 is 12.0 Å². The molecule has 1 aromatic rings. The number of urea groups is 1. The van der Waals surface area contributed by atoms with Gasteiger partial charge in [0.15, 0.2) is 0 Å². The number of hydrogen-bond acceptors (Lipinski definition) is 4. The average molecular weight is 389 g/mol. The maximum atomic E-state index is 12.8. The van der Waals surface area contributed by atoms with E-state index in [0.717, 1.165) is 13.1 Å². The van der Waals surface area contributed by atoms with Crippen molar-refractivity contribution in [1.29, 1.82) is 0 Å². The van der Waals surface area contributed by atoms with Gasteiger partial charge in [0.05, 0.1) is 25.2 Å². The summed E-state index contributed by atoms with van der Waals surface area (Å²) in [4.78, 5) is 28.2. The van der Waals surface area contributed by atoms with E-state index >= 15 is 0 Å². The average Bonchev–Trinajstić information content (AvgIpc) is 2.68. The van der Waals surface area contributed by atoms with E-state index in [9.17, 15) is 14.7 Å². The van der Waals surface area contributed by atoms with Crippen molar-refractivity contribution in [2.75, 3.05) is 45.9 Å².